The molecule has 2 nitrogen and oxygen atoms in total. The van der Waals surface area contributed by atoms with Crippen LogP contribution in [0.25, 0.3) is 0 Å². The zero-order valence-electron chi connectivity index (χ0n) is 11.6. The summed E-state index contributed by atoms with van der Waals surface area (Å²) in [5.74, 6) is 0.763. The monoisotopic (exact) mass is 240 g/mol. The summed E-state index contributed by atoms with van der Waals surface area (Å²) in [7, 11) is 0. The van der Waals surface area contributed by atoms with Gasteiger partial charge < -0.3 is 0 Å². The molecule has 18 heavy (non-hydrogen) atoms. The molecule has 0 bridgehead atoms. The van der Waals surface area contributed by atoms with Gasteiger partial charge in [0, 0.05) is 0 Å². The Morgan fingerprint density at radius 2 is 1.17 bits per heavy atom. The van der Waals surface area contributed by atoms with Gasteiger partial charge in [0.2, 0.25) is 0 Å². The molecule has 0 unspecified atom stereocenters. The number of nitriles is 2. The molecule has 0 N–H and O–H groups in total. The summed E-state index contributed by atoms with van der Waals surface area (Å²) in [5, 5.41) is 17.9. The van der Waals surface area contributed by atoms with Crippen molar-refractivity contribution in [2.45, 2.75) is 52.4 Å². The molecule has 0 atom stereocenters. The molecule has 0 saturated heterocycles. The van der Waals surface area contributed by atoms with E-state index >= 15 is 0 Å². The molecule has 0 saturated carbocycles. The maximum Gasteiger partial charge on any atom is 0.0669 e. The van der Waals surface area contributed by atoms with E-state index in [1.54, 1.807) is 0 Å². The highest BCUT2D eigenvalue weighted by molar-refractivity contribution is 5.43. The number of rotatable bonds is 4. The highest BCUT2D eigenvalue weighted by atomic mass is 14.3. The summed E-state index contributed by atoms with van der Waals surface area (Å²) in [5.41, 5.74) is 4.62. The second kappa shape index (κ2) is 6.22. The minimum Gasteiger partial charge on any atom is -0.198 e. The van der Waals surface area contributed by atoms with Crippen molar-refractivity contribution in [2.24, 2.45) is 0 Å². The van der Waals surface area contributed by atoms with E-state index in [0.29, 0.717) is 24.7 Å². The van der Waals surface area contributed by atoms with Gasteiger partial charge in [0.15, 0.2) is 0 Å². The normalized spacial score (nSPS) is 10.4. The van der Waals surface area contributed by atoms with Crippen LogP contribution in [-0.4, -0.2) is 0 Å². The molecule has 0 aliphatic rings. The lowest BCUT2D eigenvalue weighted by molar-refractivity contribution is 0.818. The van der Waals surface area contributed by atoms with E-state index < -0.39 is 0 Å². The Balaban J connectivity index is 3.41. The van der Waals surface area contributed by atoms with Gasteiger partial charge in [-0.05, 0) is 34.1 Å². The summed E-state index contributed by atoms with van der Waals surface area (Å²) in [4.78, 5) is 0. The second-order valence-electron chi connectivity index (χ2n) is 5.23. The molecule has 0 spiro atoms. The predicted molar refractivity (Wildman–Crippen MR) is 73.3 cm³/mol. The van der Waals surface area contributed by atoms with Crippen molar-refractivity contribution in [1.82, 2.24) is 0 Å². The Hall–Kier alpha value is -1.80. The summed E-state index contributed by atoms with van der Waals surface area (Å²) >= 11 is 0. The van der Waals surface area contributed by atoms with E-state index in [4.69, 9.17) is 10.5 Å². The molecule has 0 heterocycles. The van der Waals surface area contributed by atoms with Crippen LogP contribution in [-0.2, 0) is 12.8 Å². The molecule has 1 aromatic carbocycles. The number of hydrogen-bond donors (Lipinski definition) is 0. The van der Waals surface area contributed by atoms with Crippen molar-refractivity contribution in [3.05, 3.63) is 34.4 Å². The van der Waals surface area contributed by atoms with Crippen molar-refractivity contribution in [3.8, 4) is 12.1 Å². The number of hydrogen-bond acceptors (Lipinski definition) is 2. The number of benzene rings is 1. The van der Waals surface area contributed by atoms with Crippen LogP contribution >= 0.6 is 0 Å². The minimum atomic E-state index is 0.381. The topological polar surface area (TPSA) is 47.6 Å². The molecule has 94 valence electrons. The average Bonchev–Trinajstić information content (AvgIpc) is 2.30. The van der Waals surface area contributed by atoms with Gasteiger partial charge in [0.1, 0.15) is 0 Å². The third-order valence-corrected chi connectivity index (χ3v) is 3.18. The summed E-state index contributed by atoms with van der Waals surface area (Å²) in [6.07, 6.45) is 0.889. The van der Waals surface area contributed by atoms with Crippen LogP contribution < -0.4 is 0 Å². The molecule has 1 aromatic rings. The molecular formula is C16H20N2. The predicted octanol–water partition coefficient (Wildman–Crippen LogP) is 4.07. The zero-order chi connectivity index (χ0) is 13.7. The van der Waals surface area contributed by atoms with E-state index in [0.717, 1.165) is 11.1 Å². The van der Waals surface area contributed by atoms with Crippen molar-refractivity contribution < 1.29 is 0 Å². The molecule has 0 radical (unpaired) electrons. The van der Waals surface area contributed by atoms with Crippen molar-refractivity contribution in [3.63, 3.8) is 0 Å². The van der Waals surface area contributed by atoms with Crippen LogP contribution in [0.3, 0.4) is 0 Å². The van der Waals surface area contributed by atoms with Gasteiger partial charge in [-0.3, -0.25) is 0 Å². The summed E-state index contributed by atoms with van der Waals surface area (Å²) < 4.78 is 0. The Kier molecular flexibility index (Phi) is 4.93. The van der Waals surface area contributed by atoms with Crippen molar-refractivity contribution >= 4 is 0 Å². The van der Waals surface area contributed by atoms with Gasteiger partial charge in [0.05, 0.1) is 25.0 Å². The molecular weight excluding hydrogens is 220 g/mol. The SMILES string of the molecule is CC(C)c1cc(CC#N)c(C(C)C)cc1CC#N. The molecule has 0 fully saturated rings. The summed E-state index contributed by atoms with van der Waals surface area (Å²) in [6.45, 7) is 8.51. The van der Waals surface area contributed by atoms with E-state index in [1.807, 2.05) is 0 Å². The fourth-order valence-corrected chi connectivity index (χ4v) is 2.28. The van der Waals surface area contributed by atoms with Gasteiger partial charge >= 0.3 is 0 Å². The average molecular weight is 240 g/mol. The zero-order valence-corrected chi connectivity index (χ0v) is 11.6. The third-order valence-electron chi connectivity index (χ3n) is 3.18. The third kappa shape index (κ3) is 3.11. The van der Waals surface area contributed by atoms with Crippen LogP contribution in [0.5, 0.6) is 0 Å². The Labute approximate surface area is 110 Å². The van der Waals surface area contributed by atoms with Gasteiger partial charge in [-0.25, -0.2) is 0 Å². The summed E-state index contributed by atoms with van der Waals surface area (Å²) in [6, 6.07) is 8.71. The van der Waals surface area contributed by atoms with Gasteiger partial charge in [-0.1, -0.05) is 39.8 Å². The first-order valence-corrected chi connectivity index (χ1v) is 6.40. The lowest BCUT2D eigenvalue weighted by atomic mass is 9.86. The van der Waals surface area contributed by atoms with Crippen LogP contribution in [0.4, 0.5) is 0 Å². The maximum absolute atomic E-state index is 8.93. The van der Waals surface area contributed by atoms with E-state index in [-0.39, 0.29) is 0 Å². The highest BCUT2D eigenvalue weighted by Gasteiger charge is 2.14. The van der Waals surface area contributed by atoms with Gasteiger partial charge in [0.25, 0.3) is 0 Å². The van der Waals surface area contributed by atoms with Gasteiger partial charge in [-0.15, -0.1) is 0 Å². The Morgan fingerprint density at radius 1 is 0.833 bits per heavy atom. The van der Waals surface area contributed by atoms with Crippen molar-refractivity contribution in [1.29, 1.82) is 10.5 Å². The fourth-order valence-electron chi connectivity index (χ4n) is 2.28. The largest absolute Gasteiger partial charge is 0.198 e. The molecule has 2 heteroatoms. The first-order chi connectivity index (χ1) is 8.51. The standard InChI is InChI=1S/C16H20N2/c1-11(2)15-9-14(6-8-18)16(12(3)4)10-13(15)5-7-17/h9-12H,5-6H2,1-4H3. The first-order valence-electron chi connectivity index (χ1n) is 6.40. The molecule has 1 rings (SSSR count). The van der Waals surface area contributed by atoms with Gasteiger partial charge in [-0.2, -0.15) is 10.5 Å². The highest BCUT2D eigenvalue weighted by Crippen LogP contribution is 2.28. The smallest absolute Gasteiger partial charge is 0.0669 e. The molecule has 0 aliphatic carbocycles. The minimum absolute atomic E-state index is 0.381. The van der Waals surface area contributed by atoms with Crippen LogP contribution in [0.15, 0.2) is 12.1 Å². The van der Waals surface area contributed by atoms with E-state index in [9.17, 15) is 0 Å². The van der Waals surface area contributed by atoms with Crippen LogP contribution in [0, 0.1) is 22.7 Å². The number of nitrogens with zero attached hydrogens (tertiary/aromatic N) is 2. The lowest BCUT2D eigenvalue weighted by Gasteiger charge is -2.18. The van der Waals surface area contributed by atoms with Crippen molar-refractivity contribution in [2.75, 3.05) is 0 Å². The Bertz CT molecular complexity index is 451. The van der Waals surface area contributed by atoms with E-state index in [1.165, 1.54) is 11.1 Å². The molecule has 0 aliphatic heterocycles. The lowest BCUT2D eigenvalue weighted by Crippen LogP contribution is -2.04. The first kappa shape index (κ1) is 14.3. The quantitative estimate of drug-likeness (QED) is 0.796. The van der Waals surface area contributed by atoms with Crippen LogP contribution in [0.2, 0.25) is 0 Å². The molecule has 0 amide bonds. The Morgan fingerprint density at radius 3 is 1.39 bits per heavy atom. The maximum atomic E-state index is 8.93. The van der Waals surface area contributed by atoms with Crippen LogP contribution in [0.1, 0.15) is 61.8 Å². The van der Waals surface area contributed by atoms with E-state index in [2.05, 4.69) is 52.0 Å². The second-order valence-corrected chi connectivity index (χ2v) is 5.23. The fraction of sp³-hybridized carbons (Fsp3) is 0.500. The molecule has 0 aromatic heterocycles.